The van der Waals surface area contributed by atoms with E-state index in [1.807, 2.05) is 41.3 Å². The zero-order valence-corrected chi connectivity index (χ0v) is 24.9. The molecule has 8 nitrogen and oxygen atoms in total. The van der Waals surface area contributed by atoms with Gasteiger partial charge in [0.1, 0.15) is 5.54 Å². The number of hydrogen-bond acceptors (Lipinski definition) is 6. The summed E-state index contributed by atoms with van der Waals surface area (Å²) in [5.41, 5.74) is 6.69. The standard InChI is InChI=1S/C36H39N3O5/c40-19-6-7-20-43-33-23-26(29-13-8-14-30-28-12-5-4-9-25(28)21-31(29)30)22-32(44-33)34(41)38-17-15-36(16-18-38)35(42)37-24-39(36)27-10-2-1-3-11-27/h1-5,8-14,22,26,33,40H,6-7,15-21,23-24H2,(H,37,42). The summed E-state index contributed by atoms with van der Waals surface area (Å²) >= 11 is 0. The number of anilines is 1. The van der Waals surface area contributed by atoms with Gasteiger partial charge in [-0.15, -0.1) is 0 Å². The van der Waals surface area contributed by atoms with E-state index in [2.05, 4.69) is 52.7 Å². The smallest absolute Gasteiger partial charge is 0.288 e. The van der Waals surface area contributed by atoms with Crippen LogP contribution < -0.4 is 10.2 Å². The first kappa shape index (κ1) is 28.6. The number of aliphatic hydroxyl groups excluding tert-OH is 1. The number of nitrogens with zero attached hydrogens (tertiary/aromatic N) is 2. The summed E-state index contributed by atoms with van der Waals surface area (Å²) in [5, 5.41) is 12.3. The van der Waals surface area contributed by atoms with E-state index in [0.29, 0.717) is 57.8 Å². The third-order valence-electron chi connectivity index (χ3n) is 9.69. The van der Waals surface area contributed by atoms with E-state index in [1.54, 1.807) is 0 Å². The van der Waals surface area contributed by atoms with Crippen molar-refractivity contribution in [2.75, 3.05) is 37.9 Å². The number of para-hydroxylation sites is 1. The summed E-state index contributed by atoms with van der Waals surface area (Å²) in [5.74, 6) is 0.138. The van der Waals surface area contributed by atoms with E-state index in [0.717, 1.165) is 18.5 Å². The van der Waals surface area contributed by atoms with Crippen molar-refractivity contribution in [1.82, 2.24) is 10.2 Å². The van der Waals surface area contributed by atoms with Gasteiger partial charge in [-0.1, -0.05) is 60.7 Å². The number of likely N-dealkylation sites (tertiary alicyclic amines) is 1. The number of ether oxygens (including phenoxy) is 2. The molecule has 44 heavy (non-hydrogen) atoms. The number of unbranched alkanes of at least 4 members (excludes halogenated alkanes) is 1. The lowest BCUT2D eigenvalue weighted by molar-refractivity contribution is -0.154. The van der Waals surface area contributed by atoms with Gasteiger partial charge in [0.05, 0.1) is 13.3 Å². The van der Waals surface area contributed by atoms with Crippen molar-refractivity contribution in [3.63, 3.8) is 0 Å². The molecule has 0 aromatic heterocycles. The van der Waals surface area contributed by atoms with Crippen molar-refractivity contribution in [3.05, 3.63) is 101 Å². The first-order chi connectivity index (χ1) is 21.6. The van der Waals surface area contributed by atoms with Crippen molar-refractivity contribution in [1.29, 1.82) is 0 Å². The molecular formula is C36H39N3O5. The number of carbonyl (C=O) groups excluding carboxylic acids is 2. The number of carbonyl (C=O) groups is 2. The van der Waals surface area contributed by atoms with Crippen LogP contribution in [0.2, 0.25) is 0 Å². The highest BCUT2D eigenvalue weighted by atomic mass is 16.7. The largest absolute Gasteiger partial charge is 0.459 e. The molecule has 2 amide bonds. The fraction of sp³-hybridized carbons (Fsp3) is 0.389. The van der Waals surface area contributed by atoms with E-state index in [1.165, 1.54) is 27.8 Å². The van der Waals surface area contributed by atoms with Gasteiger partial charge >= 0.3 is 0 Å². The van der Waals surface area contributed by atoms with Gasteiger partial charge in [-0.3, -0.25) is 9.59 Å². The number of amides is 2. The molecule has 0 saturated carbocycles. The van der Waals surface area contributed by atoms with Crippen LogP contribution in [0.25, 0.3) is 11.1 Å². The lowest BCUT2D eigenvalue weighted by Crippen LogP contribution is -2.57. The molecule has 2 saturated heterocycles. The number of piperidine rings is 1. The van der Waals surface area contributed by atoms with Crippen molar-refractivity contribution >= 4 is 17.5 Å². The molecule has 3 heterocycles. The normalized spacial score (nSPS) is 21.8. The van der Waals surface area contributed by atoms with E-state index < -0.39 is 11.8 Å². The highest BCUT2D eigenvalue weighted by Gasteiger charge is 2.51. The summed E-state index contributed by atoms with van der Waals surface area (Å²) < 4.78 is 12.4. The summed E-state index contributed by atoms with van der Waals surface area (Å²) in [6.45, 7) is 1.95. The fourth-order valence-corrected chi connectivity index (χ4v) is 7.35. The van der Waals surface area contributed by atoms with E-state index >= 15 is 0 Å². The fourth-order valence-electron chi connectivity index (χ4n) is 7.35. The Morgan fingerprint density at radius 2 is 1.75 bits per heavy atom. The van der Waals surface area contributed by atoms with Crippen LogP contribution in [0.1, 0.15) is 54.7 Å². The summed E-state index contributed by atoms with van der Waals surface area (Å²) in [6, 6.07) is 25.0. The second kappa shape index (κ2) is 12.1. The Morgan fingerprint density at radius 1 is 0.977 bits per heavy atom. The van der Waals surface area contributed by atoms with E-state index in [4.69, 9.17) is 9.47 Å². The highest BCUT2D eigenvalue weighted by molar-refractivity contribution is 5.95. The molecule has 228 valence electrons. The van der Waals surface area contributed by atoms with Gasteiger partial charge in [0, 0.05) is 37.7 Å². The highest BCUT2D eigenvalue weighted by Crippen LogP contribution is 2.43. The monoisotopic (exact) mass is 593 g/mol. The number of fused-ring (bicyclic) bond motifs is 3. The molecule has 2 atom stereocenters. The van der Waals surface area contributed by atoms with Crippen LogP contribution in [0.4, 0.5) is 5.69 Å². The second-order valence-electron chi connectivity index (χ2n) is 12.2. The molecular weight excluding hydrogens is 554 g/mol. The summed E-state index contributed by atoms with van der Waals surface area (Å²) in [7, 11) is 0. The molecule has 2 unspecified atom stereocenters. The Balaban J connectivity index is 1.13. The molecule has 3 aromatic rings. The van der Waals surface area contributed by atoms with Crippen molar-refractivity contribution < 1.29 is 24.2 Å². The average Bonchev–Trinajstić information content (AvgIpc) is 3.60. The Morgan fingerprint density at radius 3 is 2.57 bits per heavy atom. The summed E-state index contributed by atoms with van der Waals surface area (Å²) in [6.07, 6.45) is 5.36. The van der Waals surface area contributed by atoms with Crippen molar-refractivity contribution in [2.24, 2.45) is 0 Å². The topological polar surface area (TPSA) is 91.3 Å². The Bertz CT molecular complexity index is 1560. The minimum Gasteiger partial charge on any atom is -0.459 e. The van der Waals surface area contributed by atoms with Gasteiger partial charge in [-0.25, -0.2) is 0 Å². The van der Waals surface area contributed by atoms with Gasteiger partial charge < -0.3 is 29.7 Å². The molecule has 2 N–H and O–H groups in total. The predicted molar refractivity (Wildman–Crippen MR) is 168 cm³/mol. The van der Waals surface area contributed by atoms with Gasteiger partial charge in [-0.2, -0.15) is 0 Å². The lowest BCUT2D eigenvalue weighted by Gasteiger charge is -2.43. The Labute approximate surface area is 258 Å². The maximum atomic E-state index is 14.0. The Hall–Kier alpha value is -4.14. The molecule has 1 spiro atoms. The van der Waals surface area contributed by atoms with Crippen LogP contribution in [0.3, 0.4) is 0 Å². The van der Waals surface area contributed by atoms with Crippen molar-refractivity contribution in [3.8, 4) is 11.1 Å². The first-order valence-electron chi connectivity index (χ1n) is 15.8. The van der Waals surface area contributed by atoms with Gasteiger partial charge in [0.2, 0.25) is 12.2 Å². The third kappa shape index (κ3) is 5.16. The van der Waals surface area contributed by atoms with Crippen LogP contribution in [-0.2, 0) is 25.5 Å². The van der Waals surface area contributed by atoms with Gasteiger partial charge in [0.15, 0.2) is 5.76 Å². The van der Waals surface area contributed by atoms with E-state index in [9.17, 15) is 14.7 Å². The quantitative estimate of drug-likeness (QED) is 0.288. The average molecular weight is 594 g/mol. The van der Waals surface area contributed by atoms with Crippen LogP contribution >= 0.6 is 0 Å². The number of hydrogen-bond donors (Lipinski definition) is 2. The number of allylic oxidation sites excluding steroid dienone is 1. The predicted octanol–water partition coefficient (Wildman–Crippen LogP) is 4.72. The van der Waals surface area contributed by atoms with Gasteiger partial charge in [0.25, 0.3) is 5.91 Å². The van der Waals surface area contributed by atoms with Crippen LogP contribution in [0.15, 0.2) is 84.6 Å². The number of rotatable bonds is 8. The van der Waals surface area contributed by atoms with Crippen LogP contribution in [0.5, 0.6) is 0 Å². The summed E-state index contributed by atoms with van der Waals surface area (Å²) in [4.78, 5) is 31.2. The van der Waals surface area contributed by atoms with E-state index in [-0.39, 0.29) is 24.3 Å². The molecule has 2 fully saturated rings. The number of benzene rings is 3. The third-order valence-corrected chi connectivity index (χ3v) is 9.69. The van der Waals surface area contributed by atoms with Gasteiger partial charge in [-0.05, 0) is 78.1 Å². The molecule has 7 rings (SSSR count). The number of aliphatic hydroxyl groups is 1. The second-order valence-corrected chi connectivity index (χ2v) is 12.2. The maximum absolute atomic E-state index is 14.0. The molecule has 8 heteroatoms. The number of nitrogens with one attached hydrogen (secondary N) is 1. The lowest BCUT2D eigenvalue weighted by atomic mass is 9.85. The zero-order chi connectivity index (χ0) is 30.1. The molecule has 0 bridgehead atoms. The molecule has 4 aliphatic rings. The minimum absolute atomic E-state index is 0.0249. The molecule has 3 aliphatic heterocycles. The van der Waals surface area contributed by atoms with Crippen LogP contribution in [-0.4, -0.2) is 66.6 Å². The molecule has 1 aliphatic carbocycles. The van der Waals surface area contributed by atoms with Crippen LogP contribution in [0, 0.1) is 0 Å². The molecule has 0 radical (unpaired) electrons. The minimum atomic E-state index is -0.666. The zero-order valence-electron chi connectivity index (χ0n) is 24.9. The van der Waals surface area contributed by atoms with Crippen molar-refractivity contribution in [2.45, 2.75) is 56.3 Å². The maximum Gasteiger partial charge on any atom is 0.288 e. The molecule has 3 aromatic carbocycles. The SMILES string of the molecule is O=C(C1=CC(c2cccc3c2Cc2ccccc2-3)CC(OCCCCO)O1)N1CCC2(CC1)C(=O)NCN2c1ccccc1. The first-order valence-corrected chi connectivity index (χ1v) is 15.8. The Kier molecular flexibility index (Phi) is 7.87.